The number of benzene rings is 1. The van der Waals surface area contributed by atoms with Gasteiger partial charge in [0.2, 0.25) is 10.0 Å². The van der Waals surface area contributed by atoms with Gasteiger partial charge in [0.1, 0.15) is 5.82 Å². The van der Waals surface area contributed by atoms with E-state index in [1.165, 1.54) is 19.2 Å². The van der Waals surface area contributed by atoms with Crippen LogP contribution >= 0.6 is 15.9 Å². The summed E-state index contributed by atoms with van der Waals surface area (Å²) in [5, 5.41) is -0.832. The van der Waals surface area contributed by atoms with Crippen molar-refractivity contribution in [3.8, 4) is 0 Å². The number of nitrogens with one attached hydrogen (secondary N) is 1. The zero-order valence-corrected chi connectivity index (χ0v) is 13.7. The van der Waals surface area contributed by atoms with Crippen molar-refractivity contribution in [1.82, 2.24) is 0 Å². The predicted octanol–water partition coefficient (Wildman–Crippen LogP) is 2.67. The maximum atomic E-state index is 13.0. The second kappa shape index (κ2) is 6.31. The number of sulfonamides is 1. The van der Waals surface area contributed by atoms with Gasteiger partial charge in [0.25, 0.3) is 0 Å². The van der Waals surface area contributed by atoms with Crippen LogP contribution in [0.1, 0.15) is 19.3 Å². The average molecular weight is 380 g/mol. The molecule has 116 valence electrons. The molecule has 0 aromatic heterocycles. The minimum Gasteiger partial charge on any atom is -0.469 e. The fourth-order valence-corrected chi connectivity index (χ4v) is 4.89. The van der Waals surface area contributed by atoms with Crippen LogP contribution in [0.2, 0.25) is 0 Å². The number of esters is 1. The highest BCUT2D eigenvalue weighted by atomic mass is 79.9. The molecule has 5 nitrogen and oxygen atoms in total. The third-order valence-electron chi connectivity index (χ3n) is 3.54. The molecule has 1 N–H and O–H groups in total. The summed E-state index contributed by atoms with van der Waals surface area (Å²) >= 11 is 3.11. The first-order valence-corrected chi connectivity index (χ1v) is 8.73. The highest BCUT2D eigenvalue weighted by molar-refractivity contribution is 9.10. The predicted molar refractivity (Wildman–Crippen MR) is 79.8 cm³/mol. The van der Waals surface area contributed by atoms with Crippen LogP contribution in [-0.4, -0.2) is 26.7 Å². The molecule has 0 saturated heterocycles. The number of anilines is 1. The van der Waals surface area contributed by atoms with Gasteiger partial charge in [0.05, 0.1) is 24.0 Å². The lowest BCUT2D eigenvalue weighted by molar-refractivity contribution is -0.145. The molecule has 0 heterocycles. The van der Waals surface area contributed by atoms with Crippen LogP contribution in [0.3, 0.4) is 0 Å². The monoisotopic (exact) mass is 379 g/mol. The number of hydrogen-bond acceptors (Lipinski definition) is 4. The summed E-state index contributed by atoms with van der Waals surface area (Å²) in [6, 6.07) is 3.67. The smallest absolute Gasteiger partial charge is 0.310 e. The van der Waals surface area contributed by atoms with Crippen LogP contribution in [0.4, 0.5) is 10.1 Å². The lowest BCUT2D eigenvalue weighted by atomic mass is 10.1. The molecule has 2 rings (SSSR count). The molecule has 1 saturated carbocycles. The first-order valence-electron chi connectivity index (χ1n) is 6.39. The second-order valence-corrected chi connectivity index (χ2v) is 7.62. The van der Waals surface area contributed by atoms with Gasteiger partial charge in [0, 0.05) is 4.47 Å². The molecular formula is C13H15BrFNO4S. The molecule has 0 spiro atoms. The normalized spacial score (nSPS) is 22.0. The zero-order valence-electron chi connectivity index (χ0n) is 11.3. The summed E-state index contributed by atoms with van der Waals surface area (Å²) in [5.41, 5.74) is 0.243. The molecule has 1 aromatic carbocycles. The fourth-order valence-electron chi connectivity index (χ4n) is 2.52. The van der Waals surface area contributed by atoms with Gasteiger partial charge in [-0.2, -0.15) is 0 Å². The summed E-state index contributed by atoms with van der Waals surface area (Å²) in [6.45, 7) is 0. The molecule has 2 atom stereocenters. The Morgan fingerprint density at radius 1 is 1.43 bits per heavy atom. The molecule has 0 aliphatic heterocycles. The van der Waals surface area contributed by atoms with Crippen molar-refractivity contribution < 1.29 is 22.3 Å². The van der Waals surface area contributed by atoms with Crippen LogP contribution in [-0.2, 0) is 19.6 Å². The van der Waals surface area contributed by atoms with Gasteiger partial charge in [-0.15, -0.1) is 0 Å². The number of carbonyl (C=O) groups excluding carboxylic acids is 1. The summed E-state index contributed by atoms with van der Waals surface area (Å²) in [7, 11) is -2.51. The van der Waals surface area contributed by atoms with Gasteiger partial charge in [-0.1, -0.05) is 6.42 Å². The highest BCUT2D eigenvalue weighted by Gasteiger charge is 2.42. The van der Waals surface area contributed by atoms with Gasteiger partial charge >= 0.3 is 5.97 Å². The Bertz CT molecular complexity index is 650. The van der Waals surface area contributed by atoms with E-state index in [4.69, 9.17) is 0 Å². The standard InChI is InChI=1S/C13H15BrFNO4S/c1-20-13(17)9-3-2-4-12(9)21(18,19)16-11-6-5-8(15)7-10(11)14/h5-7,9,12,16H,2-4H2,1H3. The number of halogens is 2. The molecule has 1 aliphatic rings. The topological polar surface area (TPSA) is 72.5 Å². The molecule has 0 bridgehead atoms. The SMILES string of the molecule is COC(=O)C1CCCC1S(=O)(=O)Nc1ccc(F)cc1Br. The zero-order chi connectivity index (χ0) is 15.6. The number of hydrogen-bond donors (Lipinski definition) is 1. The molecule has 1 aromatic rings. The van der Waals surface area contributed by atoms with Gasteiger partial charge in [-0.05, 0) is 47.0 Å². The largest absolute Gasteiger partial charge is 0.469 e. The molecule has 2 unspecified atom stereocenters. The Labute approximate surface area is 131 Å². The second-order valence-electron chi connectivity index (χ2n) is 4.87. The summed E-state index contributed by atoms with van der Waals surface area (Å²) in [6.07, 6.45) is 1.53. The van der Waals surface area contributed by atoms with E-state index in [-0.39, 0.29) is 5.69 Å². The van der Waals surface area contributed by atoms with E-state index >= 15 is 0 Å². The molecule has 21 heavy (non-hydrogen) atoms. The first kappa shape index (κ1) is 16.2. The summed E-state index contributed by atoms with van der Waals surface area (Å²) in [4.78, 5) is 11.7. The van der Waals surface area contributed by atoms with Crippen molar-refractivity contribution in [3.05, 3.63) is 28.5 Å². The Balaban J connectivity index is 2.23. The molecule has 8 heteroatoms. The molecule has 1 fully saturated rings. The molecular weight excluding hydrogens is 365 g/mol. The first-order chi connectivity index (χ1) is 9.85. The third-order valence-corrected chi connectivity index (χ3v) is 6.06. The quantitative estimate of drug-likeness (QED) is 0.816. The van der Waals surface area contributed by atoms with Crippen molar-refractivity contribution in [2.45, 2.75) is 24.5 Å². The van der Waals surface area contributed by atoms with E-state index < -0.39 is 33.0 Å². The lowest BCUT2D eigenvalue weighted by Crippen LogP contribution is -2.35. The lowest BCUT2D eigenvalue weighted by Gasteiger charge is -2.19. The van der Waals surface area contributed by atoms with E-state index in [0.29, 0.717) is 23.7 Å². The van der Waals surface area contributed by atoms with E-state index in [1.807, 2.05) is 0 Å². The van der Waals surface area contributed by atoms with E-state index in [0.717, 1.165) is 6.07 Å². The Morgan fingerprint density at radius 3 is 2.76 bits per heavy atom. The number of ether oxygens (including phenoxy) is 1. The minimum absolute atomic E-state index is 0.243. The molecule has 0 amide bonds. The van der Waals surface area contributed by atoms with Crippen molar-refractivity contribution in [2.75, 3.05) is 11.8 Å². The van der Waals surface area contributed by atoms with E-state index in [9.17, 15) is 17.6 Å². The third kappa shape index (κ3) is 3.55. The van der Waals surface area contributed by atoms with Gasteiger partial charge < -0.3 is 4.74 Å². The number of rotatable bonds is 4. The van der Waals surface area contributed by atoms with Crippen molar-refractivity contribution in [2.24, 2.45) is 5.92 Å². The van der Waals surface area contributed by atoms with Crippen molar-refractivity contribution in [1.29, 1.82) is 0 Å². The highest BCUT2D eigenvalue weighted by Crippen LogP contribution is 2.34. The van der Waals surface area contributed by atoms with Crippen molar-refractivity contribution in [3.63, 3.8) is 0 Å². The van der Waals surface area contributed by atoms with Gasteiger partial charge in [-0.3, -0.25) is 9.52 Å². The van der Waals surface area contributed by atoms with Crippen LogP contribution in [0.25, 0.3) is 0 Å². The van der Waals surface area contributed by atoms with Crippen LogP contribution in [0.5, 0.6) is 0 Å². The average Bonchev–Trinajstić information content (AvgIpc) is 2.91. The maximum absolute atomic E-state index is 13.0. The Kier molecular flexibility index (Phi) is 4.88. The summed E-state index contributed by atoms with van der Waals surface area (Å²) in [5.74, 6) is -1.65. The van der Waals surface area contributed by atoms with E-state index in [2.05, 4.69) is 25.4 Å². The Hall–Kier alpha value is -1.15. The minimum atomic E-state index is -3.76. The van der Waals surface area contributed by atoms with E-state index in [1.54, 1.807) is 0 Å². The van der Waals surface area contributed by atoms with Crippen LogP contribution in [0.15, 0.2) is 22.7 Å². The number of carbonyl (C=O) groups is 1. The molecule has 1 aliphatic carbocycles. The fraction of sp³-hybridized carbons (Fsp3) is 0.462. The Morgan fingerprint density at radius 2 is 2.14 bits per heavy atom. The number of methoxy groups -OCH3 is 1. The summed E-state index contributed by atoms with van der Waals surface area (Å²) < 4.78 is 45.3. The van der Waals surface area contributed by atoms with Gasteiger partial charge in [-0.25, -0.2) is 12.8 Å². The maximum Gasteiger partial charge on any atom is 0.310 e. The van der Waals surface area contributed by atoms with Crippen LogP contribution < -0.4 is 4.72 Å². The van der Waals surface area contributed by atoms with Crippen molar-refractivity contribution >= 4 is 37.6 Å². The molecule has 0 radical (unpaired) electrons. The van der Waals surface area contributed by atoms with Gasteiger partial charge in [0.15, 0.2) is 0 Å². The van der Waals surface area contributed by atoms with Crippen LogP contribution in [0, 0.1) is 11.7 Å².